The molecule has 0 spiro atoms. The van der Waals surface area contributed by atoms with Crippen molar-refractivity contribution in [1.29, 1.82) is 0 Å². The molecule has 25 heavy (non-hydrogen) atoms. The quantitative estimate of drug-likeness (QED) is 0.403. The molecule has 2 aromatic carbocycles. The van der Waals surface area contributed by atoms with E-state index in [1.54, 1.807) is 6.07 Å². The monoisotopic (exact) mass is 590 g/mol. The second kappa shape index (κ2) is 7.56. The third-order valence-electron chi connectivity index (χ3n) is 3.71. The Hall–Kier alpha value is 0.01000. The summed E-state index contributed by atoms with van der Waals surface area (Å²) in [5.41, 5.74) is 1.84. The van der Waals surface area contributed by atoms with Gasteiger partial charge in [0.25, 0.3) is 10.0 Å². The van der Waals surface area contributed by atoms with Gasteiger partial charge < -0.3 is 5.32 Å². The van der Waals surface area contributed by atoms with E-state index in [-0.39, 0.29) is 10.6 Å². The first-order valence-corrected chi connectivity index (χ1v) is 11.7. The Bertz CT molecular complexity index is 942. The number of aryl methyl sites for hydroxylation is 1. The van der Waals surface area contributed by atoms with E-state index in [0.717, 1.165) is 24.9 Å². The van der Waals surface area contributed by atoms with Crippen LogP contribution >= 0.6 is 71.0 Å². The minimum absolute atomic E-state index is 0.173. The van der Waals surface area contributed by atoms with Crippen LogP contribution in [0.3, 0.4) is 0 Å². The first-order valence-electron chi connectivity index (χ1n) is 7.13. The molecule has 1 aliphatic heterocycles. The smallest absolute Gasteiger partial charge is 0.264 e. The van der Waals surface area contributed by atoms with Gasteiger partial charge in [0.2, 0.25) is 0 Å². The lowest BCUT2D eigenvalue weighted by Gasteiger charge is -2.22. The number of hydrogen-bond acceptors (Lipinski definition) is 3. The van der Waals surface area contributed by atoms with Crippen molar-refractivity contribution in [3.05, 3.63) is 47.2 Å². The van der Waals surface area contributed by atoms with E-state index >= 15 is 0 Å². The molecule has 1 heterocycles. The maximum absolute atomic E-state index is 13.1. The van der Waals surface area contributed by atoms with Gasteiger partial charge in [-0.2, -0.15) is 0 Å². The van der Waals surface area contributed by atoms with E-state index in [1.165, 1.54) is 6.07 Å². The first kappa shape index (κ1) is 19.8. The van der Waals surface area contributed by atoms with Crippen LogP contribution in [0.4, 0.5) is 11.4 Å². The molecule has 0 fully saturated rings. The van der Waals surface area contributed by atoms with Gasteiger partial charge in [-0.1, -0.05) is 39.1 Å². The molecule has 0 saturated heterocycles. The van der Waals surface area contributed by atoms with Crippen molar-refractivity contribution in [2.24, 2.45) is 0 Å². The van der Waals surface area contributed by atoms with E-state index in [9.17, 15) is 8.42 Å². The van der Waals surface area contributed by atoms with Gasteiger partial charge in [0.05, 0.1) is 30.4 Å². The molecular weight excluding hydrogens is 583 g/mol. The molecule has 0 atom stereocenters. The standard InChI is InChI=1S/C15H11Br3Cl2N2O2S/c16-8-4-7-2-1-3-21-14(7)11(5-8)25(23,24)22-15-12(17)9(19)6-10(20)13(15)18/h4-6,21-22H,1-3H2. The topological polar surface area (TPSA) is 58.2 Å². The van der Waals surface area contributed by atoms with E-state index in [2.05, 4.69) is 57.8 Å². The van der Waals surface area contributed by atoms with Crippen molar-refractivity contribution < 1.29 is 8.42 Å². The van der Waals surface area contributed by atoms with Crippen LogP contribution in [0, 0.1) is 0 Å². The van der Waals surface area contributed by atoms with Gasteiger partial charge >= 0.3 is 0 Å². The third kappa shape index (κ3) is 3.99. The van der Waals surface area contributed by atoms with E-state index in [1.807, 2.05) is 6.07 Å². The molecule has 0 aromatic heterocycles. The predicted molar refractivity (Wildman–Crippen MR) is 114 cm³/mol. The number of hydrogen-bond donors (Lipinski definition) is 2. The number of sulfonamides is 1. The van der Waals surface area contributed by atoms with E-state index in [0.29, 0.717) is 29.2 Å². The number of rotatable bonds is 3. The van der Waals surface area contributed by atoms with Crippen LogP contribution < -0.4 is 10.0 Å². The molecule has 10 heteroatoms. The van der Waals surface area contributed by atoms with Crippen molar-refractivity contribution >= 4 is 92.4 Å². The minimum atomic E-state index is -3.88. The lowest BCUT2D eigenvalue weighted by Crippen LogP contribution is -2.20. The van der Waals surface area contributed by atoms with Gasteiger partial charge in [0.15, 0.2) is 0 Å². The molecule has 0 bridgehead atoms. The van der Waals surface area contributed by atoms with Gasteiger partial charge in [-0.05, 0) is 68.5 Å². The Morgan fingerprint density at radius 2 is 1.68 bits per heavy atom. The number of fused-ring (bicyclic) bond motifs is 1. The van der Waals surface area contributed by atoms with Crippen molar-refractivity contribution in [3.8, 4) is 0 Å². The molecule has 2 aromatic rings. The molecule has 0 aliphatic carbocycles. The Kier molecular flexibility index (Phi) is 5.98. The fraction of sp³-hybridized carbons (Fsp3) is 0.200. The van der Waals surface area contributed by atoms with Gasteiger partial charge in [0.1, 0.15) is 4.90 Å². The highest BCUT2D eigenvalue weighted by Crippen LogP contribution is 2.43. The number of benzene rings is 2. The average Bonchev–Trinajstić information content (AvgIpc) is 2.56. The maximum atomic E-state index is 13.1. The molecule has 134 valence electrons. The van der Waals surface area contributed by atoms with Gasteiger partial charge in [-0.3, -0.25) is 4.72 Å². The number of nitrogens with one attached hydrogen (secondary N) is 2. The van der Waals surface area contributed by atoms with Crippen LogP contribution in [0.1, 0.15) is 12.0 Å². The molecule has 0 unspecified atom stereocenters. The zero-order valence-electron chi connectivity index (χ0n) is 12.5. The molecule has 0 saturated carbocycles. The Morgan fingerprint density at radius 1 is 1.04 bits per heavy atom. The van der Waals surface area contributed by atoms with Crippen molar-refractivity contribution in [2.75, 3.05) is 16.6 Å². The van der Waals surface area contributed by atoms with Gasteiger partial charge in [0, 0.05) is 11.0 Å². The van der Waals surface area contributed by atoms with Crippen LogP contribution in [0.2, 0.25) is 10.0 Å². The SMILES string of the molecule is O=S(=O)(Nc1c(Br)c(Cl)cc(Cl)c1Br)c1cc(Br)cc2c1NCCC2. The number of anilines is 2. The van der Waals surface area contributed by atoms with Crippen LogP contribution in [-0.2, 0) is 16.4 Å². The van der Waals surface area contributed by atoms with Crippen LogP contribution in [0.5, 0.6) is 0 Å². The fourth-order valence-corrected chi connectivity index (χ4v) is 6.40. The summed E-state index contributed by atoms with van der Waals surface area (Å²) in [5.74, 6) is 0. The Morgan fingerprint density at radius 3 is 2.32 bits per heavy atom. The number of halogens is 5. The molecule has 1 aliphatic rings. The summed E-state index contributed by atoms with van der Waals surface area (Å²) in [7, 11) is -3.88. The van der Waals surface area contributed by atoms with E-state index < -0.39 is 10.0 Å². The largest absolute Gasteiger partial charge is 0.384 e. The molecule has 2 N–H and O–H groups in total. The summed E-state index contributed by atoms with van der Waals surface area (Å²) in [6.07, 6.45) is 1.78. The summed E-state index contributed by atoms with van der Waals surface area (Å²) in [6, 6.07) is 5.04. The highest BCUT2D eigenvalue weighted by Gasteiger charge is 2.26. The predicted octanol–water partition coefficient (Wildman–Crippen LogP) is 6.44. The van der Waals surface area contributed by atoms with Crippen LogP contribution in [-0.4, -0.2) is 15.0 Å². The maximum Gasteiger partial charge on any atom is 0.264 e. The normalized spacial score (nSPS) is 14.0. The summed E-state index contributed by atoms with van der Waals surface area (Å²) in [5, 5.41) is 3.80. The highest BCUT2D eigenvalue weighted by molar-refractivity contribution is 9.11. The van der Waals surface area contributed by atoms with Gasteiger partial charge in [-0.15, -0.1) is 0 Å². The fourth-order valence-electron chi connectivity index (χ4n) is 2.59. The van der Waals surface area contributed by atoms with Gasteiger partial charge in [-0.25, -0.2) is 8.42 Å². The molecule has 0 radical (unpaired) electrons. The third-order valence-corrected chi connectivity index (χ3v) is 8.24. The van der Waals surface area contributed by atoms with Crippen LogP contribution in [0.25, 0.3) is 0 Å². The molecule has 0 amide bonds. The van der Waals surface area contributed by atoms with Crippen molar-refractivity contribution in [3.63, 3.8) is 0 Å². The summed E-state index contributed by atoms with van der Waals surface area (Å²) in [4.78, 5) is 0.173. The van der Waals surface area contributed by atoms with Crippen molar-refractivity contribution in [2.45, 2.75) is 17.7 Å². The highest BCUT2D eigenvalue weighted by atomic mass is 79.9. The molecular formula is C15H11Br3Cl2N2O2S. The second-order valence-corrected chi connectivity index (χ2v) is 10.4. The van der Waals surface area contributed by atoms with Crippen molar-refractivity contribution in [1.82, 2.24) is 0 Å². The molecule has 3 rings (SSSR count). The summed E-state index contributed by atoms with van der Waals surface area (Å²) < 4.78 is 30.2. The minimum Gasteiger partial charge on any atom is -0.384 e. The zero-order chi connectivity index (χ0) is 18.4. The van der Waals surface area contributed by atoms with E-state index in [4.69, 9.17) is 23.2 Å². The summed E-state index contributed by atoms with van der Waals surface area (Å²) >= 11 is 22.2. The van der Waals surface area contributed by atoms with Crippen LogP contribution in [0.15, 0.2) is 36.5 Å². The first-order chi connectivity index (χ1) is 11.7. The lowest BCUT2D eigenvalue weighted by atomic mass is 10.0. The summed E-state index contributed by atoms with van der Waals surface area (Å²) in [6.45, 7) is 0.730. The average molecular weight is 594 g/mol. The Balaban J connectivity index is 2.12. The Labute approximate surface area is 181 Å². The zero-order valence-corrected chi connectivity index (χ0v) is 19.6. The lowest BCUT2D eigenvalue weighted by molar-refractivity contribution is 0.601. The second-order valence-electron chi connectivity index (χ2n) is 5.42. The molecule has 4 nitrogen and oxygen atoms in total.